The van der Waals surface area contributed by atoms with Crippen LogP contribution in [0.1, 0.15) is 16.8 Å². The lowest BCUT2D eigenvalue weighted by Crippen LogP contribution is -2.24. The molecule has 0 bridgehead atoms. The number of aromatic carboxylic acids is 1. The van der Waals surface area contributed by atoms with E-state index in [1.165, 1.54) is 6.07 Å². The van der Waals surface area contributed by atoms with Gasteiger partial charge in [-0.1, -0.05) is 0 Å². The third-order valence-electron chi connectivity index (χ3n) is 2.89. The van der Waals surface area contributed by atoms with Crippen LogP contribution in [-0.4, -0.2) is 51.6 Å². The van der Waals surface area contributed by atoms with E-state index in [2.05, 4.69) is 0 Å². The zero-order valence-corrected chi connectivity index (χ0v) is 12.0. The van der Waals surface area contributed by atoms with Gasteiger partial charge in [-0.3, -0.25) is 0 Å². The molecule has 0 heterocycles. The van der Waals surface area contributed by atoms with Crippen LogP contribution in [0, 0.1) is 0 Å². The molecule has 1 aromatic rings. The first-order chi connectivity index (χ1) is 9.56. The number of carboxylic acid groups (broad SMARTS) is 1. The van der Waals surface area contributed by atoms with Gasteiger partial charge in [0, 0.05) is 33.9 Å². The zero-order valence-electron chi connectivity index (χ0n) is 12.0. The van der Waals surface area contributed by atoms with Crippen molar-refractivity contribution in [1.29, 1.82) is 0 Å². The smallest absolute Gasteiger partial charge is 0.335 e. The topological polar surface area (TPSA) is 85.0 Å². The van der Waals surface area contributed by atoms with E-state index in [9.17, 15) is 4.79 Å². The number of ether oxygens (including phenoxy) is 2. The lowest BCUT2D eigenvalue weighted by Gasteiger charge is -2.21. The van der Waals surface area contributed by atoms with Crippen LogP contribution in [0.25, 0.3) is 0 Å². The number of methoxy groups -OCH3 is 1. The molecule has 0 aliphatic heterocycles. The van der Waals surface area contributed by atoms with E-state index < -0.39 is 5.97 Å². The van der Waals surface area contributed by atoms with Gasteiger partial charge in [-0.25, -0.2) is 4.79 Å². The molecule has 20 heavy (non-hydrogen) atoms. The predicted molar refractivity (Wildman–Crippen MR) is 78.4 cm³/mol. The van der Waals surface area contributed by atoms with Gasteiger partial charge in [0.25, 0.3) is 0 Å². The molecule has 0 fully saturated rings. The third kappa shape index (κ3) is 5.07. The second-order valence-corrected chi connectivity index (χ2v) is 4.46. The quantitative estimate of drug-likeness (QED) is 0.527. The average molecular weight is 282 g/mol. The summed E-state index contributed by atoms with van der Waals surface area (Å²) in [5.74, 6) is -0.979. The largest absolute Gasteiger partial charge is 0.478 e. The normalized spacial score (nSPS) is 10.5. The first kappa shape index (κ1) is 16.3. The molecule has 0 aliphatic carbocycles. The minimum Gasteiger partial charge on any atom is -0.478 e. The first-order valence-corrected chi connectivity index (χ1v) is 6.47. The third-order valence-corrected chi connectivity index (χ3v) is 2.89. The van der Waals surface area contributed by atoms with Crippen molar-refractivity contribution in [1.82, 2.24) is 0 Å². The summed E-state index contributed by atoms with van der Waals surface area (Å²) in [6.07, 6.45) is 0.871. The van der Waals surface area contributed by atoms with Crippen LogP contribution in [0.2, 0.25) is 0 Å². The summed E-state index contributed by atoms with van der Waals surface area (Å²) in [6.45, 7) is 2.62. The predicted octanol–water partition coefficient (Wildman–Crippen LogP) is 1.46. The molecule has 0 saturated heterocycles. The van der Waals surface area contributed by atoms with Gasteiger partial charge in [0.05, 0.1) is 23.5 Å². The maximum atomic E-state index is 10.8. The van der Waals surface area contributed by atoms with Gasteiger partial charge in [-0.15, -0.1) is 0 Å². The molecule has 1 rings (SSSR count). The molecule has 112 valence electrons. The Morgan fingerprint density at radius 2 is 2.10 bits per heavy atom. The molecule has 6 nitrogen and oxygen atoms in total. The summed E-state index contributed by atoms with van der Waals surface area (Å²) in [5, 5.41) is 8.88. The summed E-state index contributed by atoms with van der Waals surface area (Å²) >= 11 is 0. The monoisotopic (exact) mass is 282 g/mol. The van der Waals surface area contributed by atoms with Crippen molar-refractivity contribution in [3.05, 3.63) is 23.8 Å². The van der Waals surface area contributed by atoms with Crippen LogP contribution in [0.15, 0.2) is 18.2 Å². The summed E-state index contributed by atoms with van der Waals surface area (Å²) in [6, 6.07) is 4.72. The van der Waals surface area contributed by atoms with Gasteiger partial charge in [-0.2, -0.15) is 0 Å². The van der Waals surface area contributed by atoms with E-state index in [-0.39, 0.29) is 5.56 Å². The van der Waals surface area contributed by atoms with E-state index >= 15 is 0 Å². The van der Waals surface area contributed by atoms with Gasteiger partial charge < -0.3 is 25.2 Å². The molecule has 1 aromatic carbocycles. The number of benzene rings is 1. The maximum Gasteiger partial charge on any atom is 0.335 e. The van der Waals surface area contributed by atoms with E-state index in [1.54, 1.807) is 19.2 Å². The number of rotatable bonds is 9. The molecule has 3 N–H and O–H groups in total. The molecule has 0 saturated carbocycles. The highest BCUT2D eigenvalue weighted by Crippen LogP contribution is 2.23. The lowest BCUT2D eigenvalue weighted by molar-refractivity contribution is 0.0697. The fourth-order valence-corrected chi connectivity index (χ4v) is 1.76. The van der Waals surface area contributed by atoms with Crippen LogP contribution in [-0.2, 0) is 9.47 Å². The Balaban J connectivity index is 2.43. The highest BCUT2D eigenvalue weighted by atomic mass is 16.5. The number of carbonyl (C=O) groups is 1. The molecular formula is C14H22N2O4. The second kappa shape index (κ2) is 8.39. The summed E-state index contributed by atoms with van der Waals surface area (Å²) < 4.78 is 10.4. The lowest BCUT2D eigenvalue weighted by atomic mass is 10.1. The number of hydrogen-bond donors (Lipinski definition) is 2. The van der Waals surface area contributed by atoms with Gasteiger partial charge >= 0.3 is 5.97 Å². The van der Waals surface area contributed by atoms with Crippen LogP contribution in [0.5, 0.6) is 0 Å². The number of anilines is 2. The Hall–Kier alpha value is -1.79. The molecule has 0 atom stereocenters. The second-order valence-electron chi connectivity index (χ2n) is 4.46. The molecule has 0 aromatic heterocycles. The fourth-order valence-electron chi connectivity index (χ4n) is 1.76. The Morgan fingerprint density at radius 3 is 2.70 bits per heavy atom. The van der Waals surface area contributed by atoms with Crippen LogP contribution >= 0.6 is 0 Å². The fraction of sp³-hybridized carbons (Fsp3) is 0.500. The Bertz CT molecular complexity index is 437. The average Bonchev–Trinajstić information content (AvgIpc) is 2.42. The molecule has 0 amide bonds. The number of nitrogen functional groups attached to an aromatic ring is 1. The molecule has 0 spiro atoms. The zero-order chi connectivity index (χ0) is 15.0. The molecule has 0 aliphatic rings. The van der Waals surface area contributed by atoms with Crippen molar-refractivity contribution in [3.63, 3.8) is 0 Å². The van der Waals surface area contributed by atoms with E-state index in [0.717, 1.165) is 12.1 Å². The summed E-state index contributed by atoms with van der Waals surface area (Å²) in [5.41, 5.74) is 7.31. The SMILES string of the molecule is COCCCOCCN(C)c1ccc(C(=O)O)cc1N. The molecule has 0 unspecified atom stereocenters. The van der Waals surface area contributed by atoms with Crippen LogP contribution < -0.4 is 10.6 Å². The minimum atomic E-state index is -0.979. The highest BCUT2D eigenvalue weighted by Gasteiger charge is 2.09. The number of nitrogens with two attached hydrogens (primary N) is 1. The number of likely N-dealkylation sites (N-methyl/N-ethyl adjacent to an activating group) is 1. The van der Waals surface area contributed by atoms with Crippen LogP contribution in [0.4, 0.5) is 11.4 Å². The van der Waals surface area contributed by atoms with E-state index in [1.807, 2.05) is 11.9 Å². The van der Waals surface area contributed by atoms with Gasteiger partial charge in [-0.05, 0) is 24.6 Å². The van der Waals surface area contributed by atoms with Crippen molar-refractivity contribution in [2.75, 3.05) is 51.2 Å². The Labute approximate surface area is 119 Å². The van der Waals surface area contributed by atoms with Crippen LogP contribution in [0.3, 0.4) is 0 Å². The van der Waals surface area contributed by atoms with Crippen molar-refractivity contribution < 1.29 is 19.4 Å². The standard InChI is InChI=1S/C14H22N2O4/c1-16(6-9-20-8-3-7-19-2)13-5-4-11(14(17)18)10-12(13)15/h4-5,10H,3,6-9,15H2,1-2H3,(H,17,18). The van der Waals surface area contributed by atoms with Crippen molar-refractivity contribution in [3.8, 4) is 0 Å². The minimum absolute atomic E-state index is 0.190. The molecule has 6 heteroatoms. The first-order valence-electron chi connectivity index (χ1n) is 6.47. The van der Waals surface area contributed by atoms with Crippen molar-refractivity contribution in [2.45, 2.75) is 6.42 Å². The molecule has 0 radical (unpaired) electrons. The summed E-state index contributed by atoms with van der Waals surface area (Å²) in [4.78, 5) is 12.8. The number of carboxylic acids is 1. The van der Waals surface area contributed by atoms with E-state index in [0.29, 0.717) is 32.1 Å². The highest BCUT2D eigenvalue weighted by molar-refractivity contribution is 5.90. The van der Waals surface area contributed by atoms with Gasteiger partial charge in [0.15, 0.2) is 0 Å². The number of hydrogen-bond acceptors (Lipinski definition) is 5. The van der Waals surface area contributed by atoms with Crippen molar-refractivity contribution in [2.24, 2.45) is 0 Å². The van der Waals surface area contributed by atoms with Gasteiger partial charge in [0.2, 0.25) is 0 Å². The van der Waals surface area contributed by atoms with E-state index in [4.69, 9.17) is 20.3 Å². The Morgan fingerprint density at radius 1 is 1.35 bits per heavy atom. The molecular weight excluding hydrogens is 260 g/mol. The van der Waals surface area contributed by atoms with Gasteiger partial charge in [0.1, 0.15) is 0 Å². The summed E-state index contributed by atoms with van der Waals surface area (Å²) in [7, 11) is 3.56. The maximum absolute atomic E-state index is 10.8. The van der Waals surface area contributed by atoms with Crippen molar-refractivity contribution >= 4 is 17.3 Å². The Kier molecular flexibility index (Phi) is 6.83. The number of nitrogens with zero attached hydrogens (tertiary/aromatic N) is 1.